The molecule has 0 aliphatic carbocycles. The van der Waals surface area contributed by atoms with Crippen LogP contribution in [-0.2, 0) is 9.53 Å². The van der Waals surface area contributed by atoms with Crippen molar-refractivity contribution in [3.63, 3.8) is 0 Å². The number of hydrogen-bond donors (Lipinski definition) is 0. The molecule has 4 nitrogen and oxygen atoms in total. The van der Waals surface area contributed by atoms with E-state index in [1.807, 2.05) is 0 Å². The number of rotatable bonds is 11. The van der Waals surface area contributed by atoms with Crippen LogP contribution in [0.4, 0.5) is 0 Å². The topological polar surface area (TPSA) is 32.8 Å². The zero-order valence-electron chi connectivity index (χ0n) is 12.6. The largest absolute Gasteiger partial charge is 0.469 e. The molecule has 0 aromatic heterocycles. The van der Waals surface area contributed by atoms with Gasteiger partial charge in [0.15, 0.2) is 0 Å². The molecule has 0 amide bonds. The Hall–Kier alpha value is -0.610. The molecule has 0 spiro atoms. The molecule has 0 radical (unpaired) electrons. The van der Waals surface area contributed by atoms with Gasteiger partial charge in [0.2, 0.25) is 0 Å². The summed E-state index contributed by atoms with van der Waals surface area (Å²) in [6, 6.07) is 0. The van der Waals surface area contributed by atoms with Gasteiger partial charge in [-0.25, -0.2) is 0 Å². The smallest absolute Gasteiger partial charge is 0.305 e. The molecule has 0 aliphatic rings. The summed E-state index contributed by atoms with van der Waals surface area (Å²) >= 11 is 0. The first-order chi connectivity index (χ1) is 8.67. The number of carbonyl (C=O) groups is 1. The van der Waals surface area contributed by atoms with Gasteiger partial charge in [0.05, 0.1) is 7.11 Å². The highest BCUT2D eigenvalue weighted by Gasteiger charge is 2.06. The van der Waals surface area contributed by atoms with E-state index in [1.165, 1.54) is 20.1 Å². The van der Waals surface area contributed by atoms with Crippen molar-refractivity contribution in [3.8, 4) is 0 Å². The number of esters is 1. The summed E-state index contributed by atoms with van der Waals surface area (Å²) in [6.07, 6.45) is 2.63. The molecule has 0 N–H and O–H groups in total. The first kappa shape index (κ1) is 17.4. The maximum absolute atomic E-state index is 11.0. The summed E-state index contributed by atoms with van der Waals surface area (Å²) in [5, 5.41) is 0. The zero-order chi connectivity index (χ0) is 13.8. The third kappa shape index (κ3) is 8.48. The average molecular weight is 258 g/mol. The molecule has 108 valence electrons. The molecule has 0 bridgehead atoms. The molecule has 18 heavy (non-hydrogen) atoms. The highest BCUT2D eigenvalue weighted by molar-refractivity contribution is 5.69. The van der Waals surface area contributed by atoms with Crippen molar-refractivity contribution in [1.29, 1.82) is 0 Å². The fourth-order valence-corrected chi connectivity index (χ4v) is 2.03. The van der Waals surface area contributed by atoms with E-state index in [4.69, 9.17) is 0 Å². The van der Waals surface area contributed by atoms with Crippen molar-refractivity contribution in [3.05, 3.63) is 0 Å². The zero-order valence-corrected chi connectivity index (χ0v) is 12.6. The Bertz CT molecular complexity index is 206. The van der Waals surface area contributed by atoms with Gasteiger partial charge >= 0.3 is 5.97 Å². The Morgan fingerprint density at radius 1 is 0.889 bits per heavy atom. The molecule has 0 aliphatic heterocycles. The van der Waals surface area contributed by atoms with Crippen LogP contribution in [0.5, 0.6) is 0 Å². The van der Waals surface area contributed by atoms with Crippen LogP contribution in [-0.4, -0.2) is 62.1 Å². The van der Waals surface area contributed by atoms with Crippen LogP contribution in [0.25, 0.3) is 0 Å². The molecule has 0 unspecified atom stereocenters. The monoisotopic (exact) mass is 258 g/mol. The minimum atomic E-state index is -0.103. The number of hydrogen-bond acceptors (Lipinski definition) is 4. The summed E-state index contributed by atoms with van der Waals surface area (Å²) in [4.78, 5) is 15.9. The Kier molecular flexibility index (Phi) is 11.1. The molecular formula is C14H30N2O2. The van der Waals surface area contributed by atoms with E-state index in [0.717, 1.165) is 39.1 Å². The number of nitrogens with zero attached hydrogens (tertiary/aromatic N) is 2. The number of carbonyl (C=O) groups excluding carboxylic acids is 1. The highest BCUT2D eigenvalue weighted by Crippen LogP contribution is 1.99. The molecule has 0 aromatic carbocycles. The Labute approximate surface area is 112 Å². The van der Waals surface area contributed by atoms with E-state index in [0.29, 0.717) is 6.42 Å². The van der Waals surface area contributed by atoms with Gasteiger partial charge < -0.3 is 14.5 Å². The average Bonchev–Trinajstić information content (AvgIpc) is 2.41. The van der Waals surface area contributed by atoms with Gasteiger partial charge in [0.1, 0.15) is 0 Å². The molecule has 0 rings (SSSR count). The molecular weight excluding hydrogens is 228 g/mol. The van der Waals surface area contributed by atoms with Crippen molar-refractivity contribution in [2.24, 2.45) is 0 Å². The lowest BCUT2D eigenvalue weighted by Crippen LogP contribution is -2.30. The number of methoxy groups -OCH3 is 1. The fourth-order valence-electron chi connectivity index (χ4n) is 2.03. The highest BCUT2D eigenvalue weighted by atomic mass is 16.5. The van der Waals surface area contributed by atoms with E-state index >= 15 is 0 Å². The Balaban J connectivity index is 3.66. The quantitative estimate of drug-likeness (QED) is 0.531. The second kappa shape index (κ2) is 11.5. The standard InChI is InChI=1S/C14H30N2O2/c1-5-15(6-2)12-9-13-16(7-3)11-8-10-14(17)18-4/h5-13H2,1-4H3. The van der Waals surface area contributed by atoms with Crippen LogP contribution >= 0.6 is 0 Å². The predicted molar refractivity (Wildman–Crippen MR) is 75.8 cm³/mol. The summed E-state index contributed by atoms with van der Waals surface area (Å²) in [5.41, 5.74) is 0. The van der Waals surface area contributed by atoms with Gasteiger partial charge in [-0.05, 0) is 52.1 Å². The van der Waals surface area contributed by atoms with Gasteiger partial charge in [-0.2, -0.15) is 0 Å². The molecule has 0 saturated carbocycles. The molecule has 0 atom stereocenters. The Morgan fingerprint density at radius 3 is 1.89 bits per heavy atom. The molecule has 4 heteroatoms. The van der Waals surface area contributed by atoms with E-state index in [2.05, 4.69) is 35.3 Å². The lowest BCUT2D eigenvalue weighted by Gasteiger charge is -2.23. The maximum Gasteiger partial charge on any atom is 0.305 e. The lowest BCUT2D eigenvalue weighted by atomic mass is 10.2. The molecule has 0 aromatic rings. The minimum absolute atomic E-state index is 0.103. The first-order valence-electron chi connectivity index (χ1n) is 7.19. The van der Waals surface area contributed by atoms with Crippen LogP contribution in [0.2, 0.25) is 0 Å². The summed E-state index contributed by atoms with van der Waals surface area (Å²) in [5.74, 6) is -0.103. The first-order valence-corrected chi connectivity index (χ1v) is 7.19. The van der Waals surface area contributed by atoms with E-state index in [-0.39, 0.29) is 5.97 Å². The van der Waals surface area contributed by atoms with Crippen molar-refractivity contribution in [2.75, 3.05) is 46.4 Å². The van der Waals surface area contributed by atoms with Crippen molar-refractivity contribution in [1.82, 2.24) is 9.80 Å². The number of ether oxygens (including phenoxy) is 1. The van der Waals surface area contributed by atoms with Crippen LogP contribution in [0.1, 0.15) is 40.0 Å². The summed E-state index contributed by atoms with van der Waals surface area (Å²) in [6.45, 7) is 13.2. The van der Waals surface area contributed by atoms with E-state index in [9.17, 15) is 4.79 Å². The second-order valence-corrected chi connectivity index (χ2v) is 4.49. The van der Waals surface area contributed by atoms with Crippen molar-refractivity contribution in [2.45, 2.75) is 40.0 Å². The van der Waals surface area contributed by atoms with Crippen LogP contribution in [0, 0.1) is 0 Å². The SMILES string of the molecule is CCN(CC)CCCN(CC)CCCC(=O)OC. The Morgan fingerprint density at radius 2 is 1.39 bits per heavy atom. The van der Waals surface area contributed by atoms with Crippen LogP contribution < -0.4 is 0 Å². The third-order valence-corrected chi connectivity index (χ3v) is 3.37. The van der Waals surface area contributed by atoms with Gasteiger partial charge in [-0.3, -0.25) is 4.79 Å². The van der Waals surface area contributed by atoms with E-state index in [1.54, 1.807) is 0 Å². The van der Waals surface area contributed by atoms with Crippen molar-refractivity contribution >= 4 is 5.97 Å². The summed E-state index contributed by atoms with van der Waals surface area (Å²) in [7, 11) is 1.45. The molecule has 0 fully saturated rings. The van der Waals surface area contributed by atoms with Crippen LogP contribution in [0.3, 0.4) is 0 Å². The van der Waals surface area contributed by atoms with Crippen molar-refractivity contribution < 1.29 is 9.53 Å². The molecule has 0 saturated heterocycles. The fraction of sp³-hybridized carbons (Fsp3) is 0.929. The van der Waals surface area contributed by atoms with Gasteiger partial charge in [0.25, 0.3) is 0 Å². The maximum atomic E-state index is 11.0. The second-order valence-electron chi connectivity index (χ2n) is 4.49. The van der Waals surface area contributed by atoms with Gasteiger partial charge in [-0.1, -0.05) is 20.8 Å². The van der Waals surface area contributed by atoms with Gasteiger partial charge in [0, 0.05) is 6.42 Å². The normalized spacial score (nSPS) is 11.2. The van der Waals surface area contributed by atoms with E-state index < -0.39 is 0 Å². The minimum Gasteiger partial charge on any atom is -0.469 e. The lowest BCUT2D eigenvalue weighted by molar-refractivity contribution is -0.140. The van der Waals surface area contributed by atoms with Gasteiger partial charge in [-0.15, -0.1) is 0 Å². The third-order valence-electron chi connectivity index (χ3n) is 3.37. The van der Waals surface area contributed by atoms with Crippen LogP contribution in [0.15, 0.2) is 0 Å². The summed E-state index contributed by atoms with van der Waals surface area (Å²) < 4.78 is 4.64. The predicted octanol–water partition coefficient (Wildman–Crippen LogP) is 1.99. The molecule has 0 heterocycles.